The SMILES string of the molecule is Cc1[nH]n(-c2ccc(C(=O)C(C)C)cn2)c(=O)c1-c1ccc(C#N)cc1. The number of carbonyl (C=O) groups excluding carboxylic acids is 1. The number of aromatic amines is 1. The van der Waals surface area contributed by atoms with Crippen LogP contribution in [0.15, 0.2) is 47.4 Å². The zero-order valence-electron chi connectivity index (χ0n) is 14.8. The van der Waals surface area contributed by atoms with Crippen LogP contribution in [0.3, 0.4) is 0 Å². The third-order valence-electron chi connectivity index (χ3n) is 4.16. The summed E-state index contributed by atoms with van der Waals surface area (Å²) in [4.78, 5) is 29.1. The first-order valence-electron chi connectivity index (χ1n) is 8.25. The van der Waals surface area contributed by atoms with E-state index in [1.54, 1.807) is 36.4 Å². The van der Waals surface area contributed by atoms with E-state index in [-0.39, 0.29) is 17.3 Å². The van der Waals surface area contributed by atoms with Crippen molar-refractivity contribution in [3.8, 4) is 23.0 Å². The molecule has 0 saturated carbocycles. The summed E-state index contributed by atoms with van der Waals surface area (Å²) in [5.74, 6) is 0.316. The summed E-state index contributed by atoms with van der Waals surface area (Å²) in [6.07, 6.45) is 1.49. The van der Waals surface area contributed by atoms with E-state index in [0.29, 0.717) is 28.2 Å². The van der Waals surface area contributed by atoms with E-state index in [0.717, 1.165) is 5.56 Å². The highest BCUT2D eigenvalue weighted by Crippen LogP contribution is 2.20. The lowest BCUT2D eigenvalue weighted by molar-refractivity contribution is 0.0939. The average Bonchev–Trinajstić information content (AvgIpc) is 2.95. The van der Waals surface area contributed by atoms with E-state index < -0.39 is 0 Å². The Morgan fingerprint density at radius 2 is 1.88 bits per heavy atom. The van der Waals surface area contributed by atoms with Crippen LogP contribution in [0.5, 0.6) is 0 Å². The van der Waals surface area contributed by atoms with Crippen LogP contribution in [0.25, 0.3) is 16.9 Å². The molecule has 26 heavy (non-hydrogen) atoms. The van der Waals surface area contributed by atoms with Crippen molar-refractivity contribution >= 4 is 5.78 Å². The molecule has 3 rings (SSSR count). The van der Waals surface area contributed by atoms with Crippen LogP contribution in [0, 0.1) is 24.2 Å². The fourth-order valence-electron chi connectivity index (χ4n) is 2.76. The predicted molar refractivity (Wildman–Crippen MR) is 98.2 cm³/mol. The van der Waals surface area contributed by atoms with E-state index in [2.05, 4.69) is 16.2 Å². The maximum atomic E-state index is 12.8. The normalized spacial score (nSPS) is 10.7. The van der Waals surface area contributed by atoms with Crippen LogP contribution < -0.4 is 5.56 Å². The molecule has 0 aliphatic carbocycles. The maximum absolute atomic E-state index is 12.8. The van der Waals surface area contributed by atoms with Crippen molar-refractivity contribution in [3.63, 3.8) is 0 Å². The van der Waals surface area contributed by atoms with Gasteiger partial charge in [-0.05, 0) is 36.8 Å². The Labute approximate surface area is 150 Å². The summed E-state index contributed by atoms with van der Waals surface area (Å²) in [7, 11) is 0. The molecule has 0 amide bonds. The van der Waals surface area contributed by atoms with Crippen molar-refractivity contribution in [1.82, 2.24) is 14.8 Å². The van der Waals surface area contributed by atoms with Crippen LogP contribution in [-0.2, 0) is 0 Å². The zero-order chi connectivity index (χ0) is 18.8. The highest BCUT2D eigenvalue weighted by atomic mass is 16.1. The van der Waals surface area contributed by atoms with Gasteiger partial charge >= 0.3 is 0 Å². The predicted octanol–water partition coefficient (Wildman–Crippen LogP) is 3.25. The van der Waals surface area contributed by atoms with Gasteiger partial charge < -0.3 is 0 Å². The van der Waals surface area contributed by atoms with Crippen LogP contribution in [-0.4, -0.2) is 20.5 Å². The summed E-state index contributed by atoms with van der Waals surface area (Å²) in [6.45, 7) is 5.47. The third kappa shape index (κ3) is 3.07. The molecule has 130 valence electrons. The Bertz CT molecular complexity index is 1050. The Hall–Kier alpha value is -3.46. The van der Waals surface area contributed by atoms with Gasteiger partial charge in [0.25, 0.3) is 5.56 Å². The highest BCUT2D eigenvalue weighted by Gasteiger charge is 2.16. The van der Waals surface area contributed by atoms with E-state index in [9.17, 15) is 9.59 Å². The van der Waals surface area contributed by atoms with Crippen molar-refractivity contribution in [2.24, 2.45) is 5.92 Å². The van der Waals surface area contributed by atoms with Gasteiger partial charge in [0.05, 0.1) is 17.2 Å². The summed E-state index contributed by atoms with van der Waals surface area (Å²) < 4.78 is 1.35. The first kappa shape index (κ1) is 17.4. The molecule has 1 N–H and O–H groups in total. The molecule has 3 aromatic rings. The fourth-order valence-corrected chi connectivity index (χ4v) is 2.76. The number of aryl methyl sites for hydroxylation is 1. The lowest BCUT2D eigenvalue weighted by atomic mass is 10.0. The van der Waals surface area contributed by atoms with E-state index in [1.807, 2.05) is 20.8 Å². The number of nitrogens with zero attached hydrogens (tertiary/aromatic N) is 3. The van der Waals surface area contributed by atoms with E-state index >= 15 is 0 Å². The van der Waals surface area contributed by atoms with E-state index in [4.69, 9.17) is 5.26 Å². The molecular formula is C20H18N4O2. The number of benzene rings is 1. The molecule has 0 atom stereocenters. The molecule has 6 nitrogen and oxygen atoms in total. The number of hydrogen-bond acceptors (Lipinski definition) is 4. The van der Waals surface area contributed by atoms with Crippen molar-refractivity contribution < 1.29 is 4.79 Å². The smallest absolute Gasteiger partial charge is 0.280 e. The van der Waals surface area contributed by atoms with Gasteiger partial charge in [-0.15, -0.1) is 0 Å². The van der Waals surface area contributed by atoms with Crippen LogP contribution in [0.2, 0.25) is 0 Å². The second-order valence-electron chi connectivity index (χ2n) is 6.37. The topological polar surface area (TPSA) is 91.5 Å². The Kier molecular flexibility index (Phi) is 4.55. The summed E-state index contributed by atoms with van der Waals surface area (Å²) in [5, 5.41) is 11.9. The molecule has 2 aromatic heterocycles. The van der Waals surface area contributed by atoms with Gasteiger partial charge in [-0.1, -0.05) is 26.0 Å². The molecule has 0 aliphatic rings. The number of hydrogen-bond donors (Lipinski definition) is 1. The minimum absolute atomic E-state index is 0.0114. The number of ketones is 1. The molecule has 2 heterocycles. The number of rotatable bonds is 4. The van der Waals surface area contributed by atoms with Crippen LogP contribution >= 0.6 is 0 Å². The zero-order valence-corrected chi connectivity index (χ0v) is 14.8. The highest BCUT2D eigenvalue weighted by molar-refractivity contribution is 5.97. The number of nitriles is 1. The number of Topliss-reactive ketones (excluding diaryl/α,β-unsaturated/α-hetero) is 1. The molecule has 1 aromatic carbocycles. The number of carbonyl (C=O) groups is 1. The lowest BCUT2D eigenvalue weighted by Crippen LogP contribution is -2.17. The van der Waals surface area contributed by atoms with Gasteiger partial charge in [-0.25, -0.2) is 9.67 Å². The number of aromatic nitrogens is 3. The molecule has 0 unspecified atom stereocenters. The largest absolute Gasteiger partial charge is 0.294 e. The number of nitrogens with one attached hydrogen (secondary N) is 1. The standard InChI is InChI=1S/C20H18N4O2/c1-12(2)19(25)16-8-9-17(22-11-16)24-20(26)18(13(3)23-24)15-6-4-14(10-21)5-7-15/h4-9,11-12,23H,1-3H3. The quantitative estimate of drug-likeness (QED) is 0.734. The summed E-state index contributed by atoms with van der Waals surface area (Å²) >= 11 is 0. The van der Waals surface area contributed by atoms with Crippen molar-refractivity contribution in [3.05, 3.63) is 69.8 Å². The Morgan fingerprint density at radius 3 is 2.42 bits per heavy atom. The molecule has 0 bridgehead atoms. The van der Waals surface area contributed by atoms with E-state index in [1.165, 1.54) is 10.9 Å². The molecule has 0 fully saturated rings. The minimum Gasteiger partial charge on any atom is -0.294 e. The number of pyridine rings is 1. The van der Waals surface area contributed by atoms with Crippen molar-refractivity contribution in [2.45, 2.75) is 20.8 Å². The fraction of sp³-hybridized carbons (Fsp3) is 0.200. The first-order valence-corrected chi connectivity index (χ1v) is 8.25. The van der Waals surface area contributed by atoms with Gasteiger partial charge in [0.2, 0.25) is 0 Å². The average molecular weight is 346 g/mol. The second kappa shape index (κ2) is 6.81. The molecule has 0 radical (unpaired) electrons. The summed E-state index contributed by atoms with van der Waals surface area (Å²) in [5.41, 5.74) is 2.78. The van der Waals surface area contributed by atoms with Gasteiger partial charge in [0, 0.05) is 23.4 Å². The third-order valence-corrected chi connectivity index (χ3v) is 4.16. The molecule has 6 heteroatoms. The molecule has 0 saturated heterocycles. The Morgan fingerprint density at radius 1 is 1.19 bits per heavy atom. The van der Waals surface area contributed by atoms with Gasteiger partial charge in [-0.3, -0.25) is 14.7 Å². The lowest BCUT2D eigenvalue weighted by Gasteiger charge is -2.05. The summed E-state index contributed by atoms with van der Waals surface area (Å²) in [6, 6.07) is 12.2. The van der Waals surface area contributed by atoms with Crippen LogP contribution in [0.1, 0.15) is 35.5 Å². The molecular weight excluding hydrogens is 328 g/mol. The minimum atomic E-state index is -0.234. The van der Waals surface area contributed by atoms with Crippen molar-refractivity contribution in [1.29, 1.82) is 5.26 Å². The van der Waals surface area contributed by atoms with Crippen molar-refractivity contribution in [2.75, 3.05) is 0 Å². The second-order valence-corrected chi connectivity index (χ2v) is 6.37. The van der Waals surface area contributed by atoms with Gasteiger partial charge in [0.1, 0.15) is 0 Å². The maximum Gasteiger partial charge on any atom is 0.280 e. The van der Waals surface area contributed by atoms with Gasteiger partial charge in [-0.2, -0.15) is 5.26 Å². The molecule has 0 aliphatic heterocycles. The number of H-pyrrole nitrogens is 1. The van der Waals surface area contributed by atoms with Gasteiger partial charge in [0.15, 0.2) is 11.6 Å². The Balaban J connectivity index is 2.01. The van der Waals surface area contributed by atoms with Crippen LogP contribution in [0.4, 0.5) is 0 Å². The monoisotopic (exact) mass is 346 g/mol. The molecule has 0 spiro atoms. The first-order chi connectivity index (χ1) is 12.4.